The first kappa shape index (κ1) is 69.5. The van der Waals surface area contributed by atoms with E-state index in [1.165, 1.54) is 117 Å². The highest BCUT2D eigenvalue weighted by Crippen LogP contribution is 2.52. The summed E-state index contributed by atoms with van der Waals surface area (Å²) in [5, 5.41) is 18.1. The Kier molecular flexibility index (Phi) is 17.4. The summed E-state index contributed by atoms with van der Waals surface area (Å²) in [5.41, 5.74) is 19.6. The zero-order valence-electron chi connectivity index (χ0n) is 63.0. The third kappa shape index (κ3) is 12.6. The van der Waals surface area contributed by atoms with Crippen LogP contribution in [-0.2, 0) is 6.42 Å². The molecule has 0 saturated heterocycles. The van der Waals surface area contributed by atoms with Crippen molar-refractivity contribution < 1.29 is 0 Å². The van der Waals surface area contributed by atoms with Gasteiger partial charge in [-0.3, -0.25) is 0 Å². The molecular formula is C107H66BrN7S2. The average Bonchev–Trinajstić information content (AvgIpc) is 2.24. The molecular weight excluding hydrogens is 1530 g/mol. The second kappa shape index (κ2) is 29.3. The molecule has 117 heavy (non-hydrogen) atoms. The van der Waals surface area contributed by atoms with Gasteiger partial charge in [-0.2, -0.15) is 0 Å². The van der Waals surface area contributed by atoms with Crippen LogP contribution in [0.15, 0.2) is 393 Å². The molecule has 1 aliphatic rings. The topological polar surface area (TPSA) is 82.3 Å². The highest BCUT2D eigenvalue weighted by molar-refractivity contribution is 9.10. The third-order valence-corrected chi connectivity index (χ3v) is 25.5. The first-order chi connectivity index (χ1) is 57.9. The lowest BCUT2D eigenvalue weighted by Gasteiger charge is -2.13. The van der Waals surface area contributed by atoms with Crippen LogP contribution in [0.1, 0.15) is 11.1 Å². The Balaban J connectivity index is 0.000000118. The van der Waals surface area contributed by atoms with Gasteiger partial charge in [-0.25, -0.2) is 29.9 Å². The van der Waals surface area contributed by atoms with Crippen molar-refractivity contribution in [2.75, 3.05) is 0 Å². The molecule has 0 saturated carbocycles. The van der Waals surface area contributed by atoms with Crippen molar-refractivity contribution in [2.45, 2.75) is 6.42 Å². The van der Waals surface area contributed by atoms with Crippen molar-refractivity contribution >= 4 is 144 Å². The summed E-state index contributed by atoms with van der Waals surface area (Å²) in [4.78, 5) is 29.9. The first-order valence-corrected chi connectivity index (χ1v) is 41.7. The fourth-order valence-corrected chi connectivity index (χ4v) is 20.1. The predicted molar refractivity (Wildman–Crippen MR) is 496 cm³/mol. The Morgan fingerprint density at radius 1 is 0.256 bits per heavy atom. The molecule has 548 valence electrons. The molecule has 0 amide bonds. The quantitative estimate of drug-likeness (QED) is 0.143. The molecule has 0 radical (unpaired) electrons. The molecule has 23 aromatic rings. The molecule has 5 aromatic heterocycles. The van der Waals surface area contributed by atoms with Gasteiger partial charge < -0.3 is 4.57 Å². The zero-order valence-corrected chi connectivity index (χ0v) is 66.2. The van der Waals surface area contributed by atoms with Crippen molar-refractivity contribution in [1.82, 2.24) is 34.5 Å². The molecule has 0 aliphatic heterocycles. The summed E-state index contributed by atoms with van der Waals surface area (Å²) in [7, 11) is 0. The number of hydrogen-bond donors (Lipinski definition) is 0. The highest BCUT2D eigenvalue weighted by Gasteiger charge is 2.27. The maximum Gasteiger partial charge on any atom is 0.164 e. The normalized spacial score (nSPS) is 11.8. The molecule has 7 nitrogen and oxygen atoms in total. The minimum absolute atomic E-state index is 0.635. The van der Waals surface area contributed by atoms with Crippen molar-refractivity contribution in [2.24, 2.45) is 0 Å². The van der Waals surface area contributed by atoms with Crippen molar-refractivity contribution in [3.63, 3.8) is 0 Å². The van der Waals surface area contributed by atoms with Crippen LogP contribution in [0.5, 0.6) is 0 Å². The molecule has 0 N–H and O–H groups in total. The maximum atomic E-state index is 5.12. The predicted octanol–water partition coefficient (Wildman–Crippen LogP) is 29.5. The van der Waals surface area contributed by atoms with Crippen LogP contribution in [0, 0.1) is 0 Å². The number of hydrogen-bond acceptors (Lipinski definition) is 8. The van der Waals surface area contributed by atoms with E-state index in [9.17, 15) is 0 Å². The van der Waals surface area contributed by atoms with Gasteiger partial charge in [0.25, 0.3) is 0 Å². The van der Waals surface area contributed by atoms with Gasteiger partial charge in [-0.1, -0.05) is 337 Å². The van der Waals surface area contributed by atoms with E-state index >= 15 is 0 Å². The van der Waals surface area contributed by atoms with E-state index in [1.54, 1.807) is 0 Å². The molecule has 1 aliphatic carbocycles. The van der Waals surface area contributed by atoms with E-state index < -0.39 is 0 Å². The number of aromatic nitrogens is 7. The molecule has 24 rings (SSSR count). The lowest BCUT2D eigenvalue weighted by molar-refractivity contribution is 1.07. The van der Waals surface area contributed by atoms with Crippen molar-refractivity contribution in [3.05, 3.63) is 404 Å². The summed E-state index contributed by atoms with van der Waals surface area (Å²) < 4.78 is 8.99. The molecule has 0 spiro atoms. The van der Waals surface area contributed by atoms with Crippen LogP contribution in [0.4, 0.5) is 0 Å². The number of benzene rings is 18. The van der Waals surface area contributed by atoms with Gasteiger partial charge in [0.15, 0.2) is 34.9 Å². The first-order valence-electron chi connectivity index (χ1n) is 39.3. The van der Waals surface area contributed by atoms with E-state index in [-0.39, 0.29) is 0 Å². The smallest absolute Gasteiger partial charge is 0.164 e. The molecule has 0 unspecified atom stereocenters. The zero-order chi connectivity index (χ0) is 77.4. The van der Waals surface area contributed by atoms with Gasteiger partial charge in [-0.05, 0) is 150 Å². The molecule has 10 heteroatoms. The number of thiophene rings is 2. The Hall–Kier alpha value is -14.3. The highest BCUT2D eigenvalue weighted by atomic mass is 79.9. The molecule has 5 heterocycles. The minimum atomic E-state index is 0.635. The van der Waals surface area contributed by atoms with Gasteiger partial charge in [-0.15, -0.1) is 22.7 Å². The lowest BCUT2D eigenvalue weighted by Crippen LogP contribution is -2.00. The minimum Gasteiger partial charge on any atom is -0.309 e. The van der Waals surface area contributed by atoms with Crippen LogP contribution in [0.3, 0.4) is 0 Å². The largest absolute Gasteiger partial charge is 0.309 e. The molecule has 0 fully saturated rings. The summed E-state index contributed by atoms with van der Waals surface area (Å²) in [6.45, 7) is 0. The molecule has 0 bridgehead atoms. The fraction of sp³-hybridized carbons (Fsp3) is 0.00935. The molecule has 0 atom stereocenters. The Morgan fingerprint density at radius 3 is 1.22 bits per heavy atom. The van der Waals surface area contributed by atoms with Gasteiger partial charge in [0, 0.05) is 105 Å². The van der Waals surface area contributed by atoms with Crippen molar-refractivity contribution in [1.29, 1.82) is 0 Å². The number of halogens is 1. The standard InChI is InChI=1S/C53H32N4S.C31H20BrN3.C23H14S/c1-2-15-34(16-3-1)51-54-52(56-53(55-51)39-29-28-33-14-4-5-17-35(33)30-39)38-20-12-18-36(31-38)37-19-13-21-40(32-37)57-45-26-10-8-24-43(45)47-41-22-6-7-23-42(41)50-48(49(47)57)44-25-9-11-27-46(44)58-50;32-28-15-7-13-25(20-28)24-12-6-14-26(19-24)30-33-29(22-9-2-1-3-10-22)34-31(35-30)27-17-16-21-8-4-5-11-23(21)18-27;1-2-8-15-14(7-1)13-19-21(15)16-9-3-4-10-17(16)23-22(19)18-11-5-6-12-20(18)24-23/h1-32H;1-20H;1-12H,13H2. The van der Waals surface area contributed by atoms with Gasteiger partial charge in [0.2, 0.25) is 0 Å². The SMILES string of the molecule is Brc1cccc(-c2cccc(-c3nc(-c4ccccc4)nc(-c4ccc5ccccc5c4)n3)c2)c1.c1ccc(-c2nc(-c3cccc(-c4cccc(-n5c6ccccc6c6c7ccccc7c7sc8ccccc8c7c65)c4)c3)nc(-c3ccc4ccccc4c3)n2)cc1.c1ccc2c(c1)Cc1c-2c2ccccc2c2sc3ccccc3c12. The lowest BCUT2D eigenvalue weighted by atomic mass is 9.94. The van der Waals surface area contributed by atoms with Gasteiger partial charge in [0.05, 0.1) is 11.0 Å². The van der Waals surface area contributed by atoms with E-state index in [2.05, 4.69) is 336 Å². The summed E-state index contributed by atoms with van der Waals surface area (Å²) in [5.74, 6) is 3.90. The second-order valence-electron chi connectivity index (χ2n) is 29.7. The number of para-hydroxylation sites is 1. The second-order valence-corrected chi connectivity index (χ2v) is 32.7. The van der Waals surface area contributed by atoms with Crippen LogP contribution in [-0.4, -0.2) is 34.5 Å². The Labute approximate surface area is 690 Å². The van der Waals surface area contributed by atoms with E-state index in [0.717, 1.165) is 83.0 Å². The van der Waals surface area contributed by atoms with Gasteiger partial charge in [0.1, 0.15) is 0 Å². The Morgan fingerprint density at radius 2 is 0.650 bits per heavy atom. The fourth-order valence-electron chi connectivity index (χ4n) is 17.2. The third-order valence-electron chi connectivity index (χ3n) is 22.6. The van der Waals surface area contributed by atoms with Gasteiger partial charge >= 0.3 is 0 Å². The molecule has 18 aromatic carbocycles. The van der Waals surface area contributed by atoms with E-state index in [0.29, 0.717) is 34.9 Å². The van der Waals surface area contributed by atoms with Crippen LogP contribution in [0.25, 0.3) is 213 Å². The monoisotopic (exact) mass is 1590 g/mol. The summed E-state index contributed by atoms with van der Waals surface area (Å²) >= 11 is 7.40. The van der Waals surface area contributed by atoms with Crippen LogP contribution >= 0.6 is 38.6 Å². The number of nitrogens with zero attached hydrogens (tertiary/aromatic N) is 7. The van der Waals surface area contributed by atoms with Crippen LogP contribution < -0.4 is 0 Å². The Bertz CT molecular complexity index is 7900. The van der Waals surface area contributed by atoms with Crippen LogP contribution in [0.2, 0.25) is 0 Å². The average molecular weight is 1590 g/mol. The summed E-state index contributed by atoms with van der Waals surface area (Å²) in [6, 6.07) is 137. The number of rotatable bonds is 9. The van der Waals surface area contributed by atoms with E-state index in [1.807, 2.05) is 95.5 Å². The van der Waals surface area contributed by atoms with Crippen molar-refractivity contribution in [3.8, 4) is 107 Å². The maximum absolute atomic E-state index is 5.12. The summed E-state index contributed by atoms with van der Waals surface area (Å²) in [6.07, 6.45) is 1.05. The van der Waals surface area contributed by atoms with E-state index in [4.69, 9.17) is 29.9 Å². The number of fused-ring (bicyclic) bond motifs is 22.